The summed E-state index contributed by atoms with van der Waals surface area (Å²) in [5.41, 5.74) is 1.59. The molecule has 0 aliphatic carbocycles. The number of rotatable bonds is 6. The van der Waals surface area contributed by atoms with Crippen LogP contribution in [-0.2, 0) is 0 Å². The van der Waals surface area contributed by atoms with Crippen molar-refractivity contribution < 1.29 is 14.7 Å². The van der Waals surface area contributed by atoms with Gasteiger partial charge in [-0.1, -0.05) is 0 Å². The predicted molar refractivity (Wildman–Crippen MR) is 114 cm³/mol. The number of anilines is 2. The Kier molecular flexibility index (Phi) is 5.77. The molecule has 7 heteroatoms. The highest BCUT2D eigenvalue weighted by molar-refractivity contribution is 6.06. The van der Waals surface area contributed by atoms with Gasteiger partial charge in [-0.15, -0.1) is 0 Å². The van der Waals surface area contributed by atoms with Crippen molar-refractivity contribution >= 4 is 34.2 Å². The molecule has 1 aromatic carbocycles. The van der Waals surface area contributed by atoms with E-state index in [0.717, 1.165) is 23.1 Å². The summed E-state index contributed by atoms with van der Waals surface area (Å²) in [5, 5.41) is 13.7. The van der Waals surface area contributed by atoms with Gasteiger partial charge in [-0.25, -0.2) is 9.78 Å². The zero-order chi connectivity index (χ0) is 21.1. The smallest absolute Gasteiger partial charge is 0.335 e. The van der Waals surface area contributed by atoms with Crippen LogP contribution in [-0.4, -0.2) is 39.5 Å². The molecule has 0 radical (unpaired) electrons. The quantitative estimate of drug-likeness (QED) is 0.655. The van der Waals surface area contributed by atoms with E-state index in [1.165, 1.54) is 6.07 Å². The third kappa shape index (κ3) is 4.18. The van der Waals surface area contributed by atoms with Crippen molar-refractivity contribution in [2.24, 2.45) is 0 Å². The Labute approximate surface area is 169 Å². The molecule has 1 amide bonds. The van der Waals surface area contributed by atoms with Crippen molar-refractivity contribution in [3.63, 3.8) is 0 Å². The number of aromatic nitrogens is 2. The van der Waals surface area contributed by atoms with Crippen LogP contribution in [0.15, 0.2) is 42.7 Å². The van der Waals surface area contributed by atoms with Crippen molar-refractivity contribution in [1.82, 2.24) is 9.97 Å². The van der Waals surface area contributed by atoms with Crippen molar-refractivity contribution in [1.29, 1.82) is 0 Å². The van der Waals surface area contributed by atoms with E-state index in [-0.39, 0.29) is 23.2 Å². The number of aryl methyl sites for hydroxylation is 1. The van der Waals surface area contributed by atoms with Crippen LogP contribution >= 0.6 is 0 Å². The van der Waals surface area contributed by atoms with Crippen LogP contribution in [0.3, 0.4) is 0 Å². The van der Waals surface area contributed by atoms with E-state index in [1.54, 1.807) is 37.5 Å². The van der Waals surface area contributed by atoms with Gasteiger partial charge in [0, 0.05) is 36.1 Å². The highest BCUT2D eigenvalue weighted by Gasteiger charge is 2.18. The Balaban J connectivity index is 2.00. The van der Waals surface area contributed by atoms with Crippen molar-refractivity contribution in [3.8, 4) is 0 Å². The topological polar surface area (TPSA) is 95.4 Å². The summed E-state index contributed by atoms with van der Waals surface area (Å²) in [7, 11) is 0. The van der Waals surface area contributed by atoms with Gasteiger partial charge in [0.05, 0.1) is 5.56 Å². The molecule has 29 heavy (non-hydrogen) atoms. The van der Waals surface area contributed by atoms with Gasteiger partial charge in [-0.2, -0.15) is 0 Å². The molecular weight excluding hydrogens is 368 g/mol. The number of pyridine rings is 2. The lowest BCUT2D eigenvalue weighted by Gasteiger charge is -2.27. The SMILES string of the molecule is CCN(c1nc(C(=O)Nc2ccc(C(=O)O)c(C)c2)cc2ccncc12)C(C)C. The zero-order valence-corrected chi connectivity index (χ0v) is 16.9. The number of carbonyl (C=O) groups is 2. The summed E-state index contributed by atoms with van der Waals surface area (Å²) in [6.07, 6.45) is 3.45. The molecule has 0 fully saturated rings. The summed E-state index contributed by atoms with van der Waals surface area (Å²) in [5.74, 6) is -0.633. The number of hydrogen-bond acceptors (Lipinski definition) is 5. The number of carbonyl (C=O) groups excluding carboxylic acids is 1. The number of aromatic carboxylic acids is 1. The molecule has 3 rings (SSSR count). The maximum absolute atomic E-state index is 12.9. The summed E-state index contributed by atoms with van der Waals surface area (Å²) in [4.78, 5) is 35.0. The number of carboxylic acid groups (broad SMARTS) is 1. The molecule has 0 atom stereocenters. The van der Waals surface area contributed by atoms with E-state index >= 15 is 0 Å². The Morgan fingerprint density at radius 1 is 1.21 bits per heavy atom. The van der Waals surface area contributed by atoms with Gasteiger partial charge in [0.25, 0.3) is 5.91 Å². The molecule has 0 bridgehead atoms. The third-order valence-electron chi connectivity index (χ3n) is 4.80. The molecule has 2 aromatic heterocycles. The number of amides is 1. The van der Waals surface area contributed by atoms with Gasteiger partial charge in [-0.3, -0.25) is 9.78 Å². The molecule has 0 unspecified atom stereocenters. The molecule has 0 aliphatic rings. The second kappa shape index (κ2) is 8.26. The minimum absolute atomic E-state index is 0.206. The molecule has 0 saturated carbocycles. The van der Waals surface area contributed by atoms with E-state index < -0.39 is 5.97 Å². The van der Waals surface area contributed by atoms with Crippen LogP contribution in [0.4, 0.5) is 11.5 Å². The fourth-order valence-electron chi connectivity index (χ4n) is 3.34. The number of fused-ring (bicyclic) bond motifs is 1. The first-order valence-corrected chi connectivity index (χ1v) is 9.48. The zero-order valence-electron chi connectivity index (χ0n) is 16.9. The normalized spacial score (nSPS) is 10.9. The lowest BCUT2D eigenvalue weighted by Crippen LogP contribution is -2.32. The second-order valence-electron chi connectivity index (χ2n) is 7.10. The molecule has 0 saturated heterocycles. The van der Waals surface area contributed by atoms with Crippen LogP contribution in [0.1, 0.15) is 47.2 Å². The summed E-state index contributed by atoms with van der Waals surface area (Å²) in [6.45, 7) is 8.64. The first-order chi connectivity index (χ1) is 13.8. The van der Waals surface area contributed by atoms with Gasteiger partial charge in [0.15, 0.2) is 0 Å². The summed E-state index contributed by atoms with van der Waals surface area (Å²) in [6, 6.07) is 8.50. The van der Waals surface area contributed by atoms with E-state index in [9.17, 15) is 9.59 Å². The third-order valence-corrected chi connectivity index (χ3v) is 4.80. The van der Waals surface area contributed by atoms with E-state index in [4.69, 9.17) is 5.11 Å². The van der Waals surface area contributed by atoms with E-state index in [2.05, 4.69) is 34.0 Å². The monoisotopic (exact) mass is 392 g/mol. The van der Waals surface area contributed by atoms with Gasteiger partial charge >= 0.3 is 5.97 Å². The van der Waals surface area contributed by atoms with Crippen LogP contribution < -0.4 is 10.2 Å². The number of carboxylic acids is 1. The fourth-order valence-corrected chi connectivity index (χ4v) is 3.34. The highest BCUT2D eigenvalue weighted by atomic mass is 16.4. The minimum Gasteiger partial charge on any atom is -0.478 e. The Hall–Kier alpha value is -3.48. The lowest BCUT2D eigenvalue weighted by atomic mass is 10.1. The van der Waals surface area contributed by atoms with Crippen molar-refractivity contribution in [2.75, 3.05) is 16.8 Å². The molecule has 0 aliphatic heterocycles. The molecule has 150 valence electrons. The Morgan fingerprint density at radius 2 is 1.97 bits per heavy atom. The summed E-state index contributed by atoms with van der Waals surface area (Å²) >= 11 is 0. The maximum Gasteiger partial charge on any atom is 0.335 e. The number of nitrogens with one attached hydrogen (secondary N) is 1. The number of hydrogen-bond donors (Lipinski definition) is 2. The molecule has 3 aromatic rings. The van der Waals surface area contributed by atoms with Gasteiger partial charge < -0.3 is 15.3 Å². The van der Waals surface area contributed by atoms with Crippen molar-refractivity contribution in [3.05, 3.63) is 59.5 Å². The molecule has 7 nitrogen and oxygen atoms in total. The van der Waals surface area contributed by atoms with Crippen LogP contribution in [0.25, 0.3) is 10.8 Å². The predicted octanol–water partition coefficient (Wildman–Crippen LogP) is 4.12. The summed E-state index contributed by atoms with van der Waals surface area (Å²) < 4.78 is 0. The van der Waals surface area contributed by atoms with Gasteiger partial charge in [-0.05, 0) is 69.0 Å². The first kappa shape index (κ1) is 20.3. The first-order valence-electron chi connectivity index (χ1n) is 9.48. The van der Waals surface area contributed by atoms with Crippen LogP contribution in [0.2, 0.25) is 0 Å². The maximum atomic E-state index is 12.9. The largest absolute Gasteiger partial charge is 0.478 e. The van der Waals surface area contributed by atoms with E-state index in [0.29, 0.717) is 11.3 Å². The van der Waals surface area contributed by atoms with Gasteiger partial charge in [0.1, 0.15) is 11.5 Å². The van der Waals surface area contributed by atoms with Crippen LogP contribution in [0.5, 0.6) is 0 Å². The second-order valence-corrected chi connectivity index (χ2v) is 7.10. The Morgan fingerprint density at radius 3 is 2.59 bits per heavy atom. The standard InChI is InChI=1S/C22H24N4O3/c1-5-26(13(2)3)20-18-12-23-9-8-15(18)11-19(25-20)21(27)24-16-6-7-17(22(28)29)14(4)10-16/h6-13H,5H2,1-4H3,(H,24,27)(H,28,29). The molecule has 2 N–H and O–H groups in total. The van der Waals surface area contributed by atoms with Gasteiger partial charge in [0.2, 0.25) is 0 Å². The average molecular weight is 392 g/mol. The highest BCUT2D eigenvalue weighted by Crippen LogP contribution is 2.27. The minimum atomic E-state index is -0.997. The molecule has 0 spiro atoms. The molecule has 2 heterocycles. The number of nitrogens with zero attached hydrogens (tertiary/aromatic N) is 3. The van der Waals surface area contributed by atoms with Crippen molar-refractivity contribution in [2.45, 2.75) is 33.7 Å². The average Bonchev–Trinajstić information content (AvgIpc) is 2.67. The Bertz CT molecular complexity index is 1080. The fraction of sp³-hybridized carbons (Fsp3) is 0.273. The lowest BCUT2D eigenvalue weighted by molar-refractivity contribution is 0.0696. The van der Waals surface area contributed by atoms with E-state index in [1.807, 2.05) is 13.0 Å². The molecular formula is C22H24N4O3. The number of benzene rings is 1. The van der Waals surface area contributed by atoms with Crippen LogP contribution in [0, 0.1) is 6.92 Å².